The molecule has 1 aliphatic heterocycles. The molecule has 4 rings (SSSR count). The highest BCUT2D eigenvalue weighted by molar-refractivity contribution is 7.99. The number of aryl methyl sites for hydroxylation is 1. The molecule has 6 nitrogen and oxygen atoms in total. The average Bonchev–Trinajstić information content (AvgIpc) is 2.81. The van der Waals surface area contributed by atoms with Crippen molar-refractivity contribution in [3.05, 3.63) is 75.6 Å². The van der Waals surface area contributed by atoms with Gasteiger partial charge in [0.25, 0.3) is 5.56 Å². The van der Waals surface area contributed by atoms with Gasteiger partial charge in [-0.15, -0.1) is 0 Å². The maximum atomic E-state index is 13.0. The maximum Gasteiger partial charge on any atom is 0.270 e. The summed E-state index contributed by atoms with van der Waals surface area (Å²) in [5.41, 5.74) is 3.77. The van der Waals surface area contributed by atoms with E-state index in [0.29, 0.717) is 23.0 Å². The molecule has 33 heavy (non-hydrogen) atoms. The van der Waals surface area contributed by atoms with E-state index >= 15 is 0 Å². The van der Waals surface area contributed by atoms with Crippen LogP contribution >= 0.6 is 11.8 Å². The van der Waals surface area contributed by atoms with Gasteiger partial charge in [0.15, 0.2) is 5.16 Å². The van der Waals surface area contributed by atoms with Crippen LogP contribution in [0.1, 0.15) is 43.9 Å². The molecule has 0 saturated heterocycles. The van der Waals surface area contributed by atoms with Gasteiger partial charge in [-0.25, -0.2) is 4.98 Å². The Morgan fingerprint density at radius 1 is 1.18 bits per heavy atom. The lowest BCUT2D eigenvalue weighted by Gasteiger charge is -2.29. The molecule has 0 bridgehead atoms. The summed E-state index contributed by atoms with van der Waals surface area (Å²) in [7, 11) is 0. The molecule has 7 heteroatoms. The predicted molar refractivity (Wildman–Crippen MR) is 132 cm³/mol. The Balaban J connectivity index is 1.58. The molecule has 1 amide bonds. The number of benzene rings is 2. The summed E-state index contributed by atoms with van der Waals surface area (Å²) >= 11 is 1.18. The summed E-state index contributed by atoms with van der Waals surface area (Å²) in [5, 5.41) is 9.87. The highest BCUT2D eigenvalue weighted by Gasteiger charge is 2.23. The molecule has 0 radical (unpaired) electrons. The van der Waals surface area contributed by atoms with E-state index in [2.05, 4.69) is 36.8 Å². The third kappa shape index (κ3) is 4.86. The van der Waals surface area contributed by atoms with E-state index in [1.54, 1.807) is 4.90 Å². The van der Waals surface area contributed by atoms with Crippen LogP contribution in [0.4, 0.5) is 5.69 Å². The van der Waals surface area contributed by atoms with Gasteiger partial charge in [0.05, 0.1) is 11.4 Å². The number of nitrogens with zero attached hydrogens (tertiary/aromatic N) is 3. The van der Waals surface area contributed by atoms with E-state index in [1.165, 1.54) is 17.3 Å². The first-order chi connectivity index (χ1) is 15.8. The summed E-state index contributed by atoms with van der Waals surface area (Å²) in [6.45, 7) is 7.06. The van der Waals surface area contributed by atoms with Crippen molar-refractivity contribution >= 4 is 23.4 Å². The number of rotatable bonds is 4. The smallest absolute Gasteiger partial charge is 0.270 e. The van der Waals surface area contributed by atoms with Crippen molar-refractivity contribution in [1.29, 1.82) is 5.26 Å². The number of nitrogens with one attached hydrogen (secondary N) is 1. The Hall–Kier alpha value is -3.37. The third-order valence-electron chi connectivity index (χ3n) is 5.78. The number of carbonyl (C=O) groups excluding carboxylic acids is 1. The minimum atomic E-state index is -0.499. The van der Waals surface area contributed by atoms with Crippen LogP contribution in [-0.4, -0.2) is 28.2 Å². The van der Waals surface area contributed by atoms with E-state index < -0.39 is 5.56 Å². The molecular formula is C26H26N4O2S. The van der Waals surface area contributed by atoms with Gasteiger partial charge in [-0.1, -0.05) is 75.0 Å². The monoisotopic (exact) mass is 458 g/mol. The highest BCUT2D eigenvalue weighted by atomic mass is 32.2. The molecular weight excluding hydrogens is 432 g/mol. The van der Waals surface area contributed by atoms with Crippen molar-refractivity contribution in [1.82, 2.24) is 9.97 Å². The average molecular weight is 459 g/mol. The van der Waals surface area contributed by atoms with Gasteiger partial charge in [0, 0.05) is 17.8 Å². The third-order valence-corrected chi connectivity index (χ3v) is 6.64. The van der Waals surface area contributed by atoms with Gasteiger partial charge in [-0.05, 0) is 35.4 Å². The number of anilines is 1. The Morgan fingerprint density at radius 3 is 2.61 bits per heavy atom. The molecule has 1 N–H and O–H groups in total. The van der Waals surface area contributed by atoms with Crippen LogP contribution in [0, 0.1) is 11.3 Å². The van der Waals surface area contributed by atoms with Gasteiger partial charge in [0.1, 0.15) is 11.6 Å². The lowest BCUT2D eigenvalue weighted by Crippen LogP contribution is -2.36. The number of hydrogen-bond donors (Lipinski definition) is 1. The van der Waals surface area contributed by atoms with Crippen LogP contribution < -0.4 is 10.5 Å². The summed E-state index contributed by atoms with van der Waals surface area (Å²) in [4.78, 5) is 34.5. The zero-order valence-corrected chi connectivity index (χ0v) is 19.8. The number of para-hydroxylation sites is 1. The molecule has 3 aromatic rings. The van der Waals surface area contributed by atoms with E-state index in [-0.39, 0.29) is 22.6 Å². The Labute approximate surface area is 197 Å². The number of nitriles is 1. The van der Waals surface area contributed by atoms with Gasteiger partial charge >= 0.3 is 0 Å². The van der Waals surface area contributed by atoms with Crippen molar-refractivity contribution < 1.29 is 4.79 Å². The van der Waals surface area contributed by atoms with Crippen molar-refractivity contribution in [2.24, 2.45) is 0 Å². The van der Waals surface area contributed by atoms with Gasteiger partial charge < -0.3 is 9.88 Å². The van der Waals surface area contributed by atoms with Crippen molar-refractivity contribution in [2.45, 2.75) is 44.2 Å². The minimum Gasteiger partial charge on any atom is -0.311 e. The number of fused-ring (bicyclic) bond motifs is 1. The first kappa shape index (κ1) is 22.8. The lowest BCUT2D eigenvalue weighted by atomic mass is 9.86. The minimum absolute atomic E-state index is 0.00732. The first-order valence-corrected chi connectivity index (χ1v) is 11.9. The molecule has 0 aliphatic carbocycles. The van der Waals surface area contributed by atoms with E-state index in [1.807, 2.05) is 48.5 Å². The quantitative estimate of drug-likeness (QED) is 0.453. The second kappa shape index (κ2) is 9.24. The Bertz CT molecular complexity index is 1280. The number of carbonyl (C=O) groups is 1. The summed E-state index contributed by atoms with van der Waals surface area (Å²) in [6.07, 6.45) is 1.89. The molecule has 2 aromatic carbocycles. The van der Waals surface area contributed by atoms with Crippen molar-refractivity contribution in [3.63, 3.8) is 0 Å². The SMILES string of the molecule is CC(C)(C)c1ccc(-c2nc(SCC(=O)N3CCCc4ccccc43)[nH]c(=O)c2C#N)cc1. The molecule has 0 atom stereocenters. The van der Waals surface area contributed by atoms with Crippen LogP contribution in [-0.2, 0) is 16.6 Å². The highest BCUT2D eigenvalue weighted by Crippen LogP contribution is 2.29. The fourth-order valence-corrected chi connectivity index (χ4v) is 4.70. The summed E-state index contributed by atoms with van der Waals surface area (Å²) in [6, 6.07) is 17.7. The zero-order chi connectivity index (χ0) is 23.6. The van der Waals surface area contributed by atoms with E-state index in [0.717, 1.165) is 24.1 Å². The molecule has 1 aliphatic rings. The Kier molecular flexibility index (Phi) is 6.39. The second-order valence-corrected chi connectivity index (χ2v) is 10.1. The van der Waals surface area contributed by atoms with Gasteiger partial charge in [-0.3, -0.25) is 9.59 Å². The van der Waals surface area contributed by atoms with Crippen LogP contribution in [0.3, 0.4) is 0 Å². The molecule has 1 aromatic heterocycles. The van der Waals surface area contributed by atoms with Gasteiger partial charge in [-0.2, -0.15) is 5.26 Å². The fourth-order valence-electron chi connectivity index (χ4n) is 3.96. The molecule has 0 unspecified atom stereocenters. The first-order valence-electron chi connectivity index (χ1n) is 10.9. The predicted octanol–water partition coefficient (Wildman–Crippen LogP) is 4.68. The molecule has 168 valence electrons. The van der Waals surface area contributed by atoms with Crippen LogP contribution in [0.25, 0.3) is 11.3 Å². The van der Waals surface area contributed by atoms with Gasteiger partial charge in [0.2, 0.25) is 5.91 Å². The largest absolute Gasteiger partial charge is 0.311 e. The fraction of sp³-hybridized carbons (Fsp3) is 0.308. The maximum absolute atomic E-state index is 13.0. The number of H-pyrrole nitrogens is 1. The van der Waals surface area contributed by atoms with Crippen LogP contribution in [0.2, 0.25) is 0 Å². The van der Waals surface area contributed by atoms with Crippen molar-refractivity contribution in [3.8, 4) is 17.3 Å². The summed E-state index contributed by atoms with van der Waals surface area (Å²) in [5.74, 6) is 0.112. The van der Waals surface area contributed by atoms with E-state index in [9.17, 15) is 14.9 Å². The molecule has 0 saturated carbocycles. The topological polar surface area (TPSA) is 89.8 Å². The number of aromatic nitrogens is 2. The van der Waals surface area contributed by atoms with Crippen molar-refractivity contribution in [2.75, 3.05) is 17.2 Å². The number of hydrogen-bond acceptors (Lipinski definition) is 5. The molecule has 0 fully saturated rings. The molecule has 2 heterocycles. The second-order valence-electron chi connectivity index (χ2n) is 9.10. The van der Waals surface area contributed by atoms with E-state index in [4.69, 9.17) is 0 Å². The zero-order valence-electron chi connectivity index (χ0n) is 19.0. The number of thioether (sulfide) groups is 1. The summed E-state index contributed by atoms with van der Waals surface area (Å²) < 4.78 is 0. The lowest BCUT2D eigenvalue weighted by molar-refractivity contribution is -0.116. The molecule has 0 spiro atoms. The number of amides is 1. The Morgan fingerprint density at radius 2 is 1.91 bits per heavy atom. The van der Waals surface area contributed by atoms with Crippen LogP contribution in [0.15, 0.2) is 58.5 Å². The van der Waals surface area contributed by atoms with Crippen LogP contribution in [0.5, 0.6) is 0 Å². The normalized spacial score (nSPS) is 13.3. The number of aromatic amines is 1. The standard InChI is InChI=1S/C26H26N4O2S/c1-26(2,3)19-12-10-18(11-13-19)23-20(15-27)24(32)29-25(28-23)33-16-22(31)30-14-6-8-17-7-4-5-9-21(17)30/h4-5,7,9-13H,6,8,14,16H2,1-3H3,(H,28,29,32).